The summed E-state index contributed by atoms with van der Waals surface area (Å²) in [6.45, 7) is 3.15. The molecule has 2 amide bonds. The van der Waals surface area contributed by atoms with Crippen molar-refractivity contribution in [3.05, 3.63) is 53.1 Å². The van der Waals surface area contributed by atoms with Crippen LogP contribution in [0.5, 0.6) is 0 Å². The molecule has 1 spiro atoms. The summed E-state index contributed by atoms with van der Waals surface area (Å²) in [6, 6.07) is 4.22. The second kappa shape index (κ2) is 7.53. The van der Waals surface area contributed by atoms with Gasteiger partial charge in [0.05, 0.1) is 17.8 Å². The molecule has 2 fully saturated rings. The first-order chi connectivity index (χ1) is 15.1. The number of carbonyl (C=O) groups is 2. The average Bonchev–Trinajstić information content (AvgIpc) is 3.64. The normalized spacial score (nSPS) is 23.7. The zero-order valence-corrected chi connectivity index (χ0v) is 17.6. The van der Waals surface area contributed by atoms with Crippen molar-refractivity contribution < 1.29 is 27.2 Å². The highest BCUT2D eigenvalue weighted by molar-refractivity contribution is 6.01. The van der Waals surface area contributed by atoms with Crippen LogP contribution in [-0.2, 0) is 15.9 Å². The Labute approximate surface area is 182 Å². The zero-order valence-electron chi connectivity index (χ0n) is 17.6. The number of aromatic nitrogens is 2. The molecule has 0 saturated heterocycles. The molecule has 0 bridgehead atoms. The van der Waals surface area contributed by atoms with Gasteiger partial charge in [0.25, 0.3) is 11.8 Å². The molecule has 2 aromatic rings. The number of rotatable bonds is 4. The van der Waals surface area contributed by atoms with Crippen LogP contribution < -0.4 is 5.32 Å². The molecule has 3 aliphatic rings. The number of anilines is 1. The van der Waals surface area contributed by atoms with Crippen molar-refractivity contribution in [2.75, 3.05) is 18.4 Å². The summed E-state index contributed by atoms with van der Waals surface area (Å²) in [5, 5.41) is 2.31. The number of nitrogens with zero attached hydrogens (tertiary/aromatic N) is 3. The molecular weight excluding hydrogens is 428 g/mol. The number of benzene rings is 1. The topological polar surface area (TPSA) is 75.2 Å². The Morgan fingerprint density at radius 1 is 1.16 bits per heavy atom. The van der Waals surface area contributed by atoms with E-state index in [-0.39, 0.29) is 23.6 Å². The van der Waals surface area contributed by atoms with E-state index in [0.717, 1.165) is 17.3 Å². The second-order valence-electron chi connectivity index (χ2n) is 8.12. The van der Waals surface area contributed by atoms with Crippen LogP contribution in [0.3, 0.4) is 0 Å². The number of hydrogen-bond acceptors (Lipinski definition) is 4. The zero-order chi connectivity index (χ0) is 23.3. The minimum atomic E-state index is -3.05. The number of nitrogens with one attached hydrogen (secondary N) is 1. The number of hydrogen-bond donors (Lipinski definition) is 1. The van der Waals surface area contributed by atoms with E-state index in [1.165, 1.54) is 18.2 Å². The Morgan fingerprint density at radius 3 is 2.34 bits per heavy atom. The molecule has 2 aliphatic carbocycles. The summed E-state index contributed by atoms with van der Waals surface area (Å²) in [7, 11) is 0. The lowest BCUT2D eigenvalue weighted by molar-refractivity contribution is -0.117. The van der Waals surface area contributed by atoms with Gasteiger partial charge in [0, 0.05) is 18.5 Å². The fourth-order valence-corrected chi connectivity index (χ4v) is 4.10. The molecule has 0 radical (unpaired) electrons. The molecule has 2 heterocycles. The average molecular weight is 450 g/mol. The van der Waals surface area contributed by atoms with Crippen molar-refractivity contribution in [1.82, 2.24) is 14.9 Å². The van der Waals surface area contributed by atoms with Gasteiger partial charge >= 0.3 is 0 Å². The van der Waals surface area contributed by atoms with Crippen molar-refractivity contribution in [2.45, 2.75) is 50.1 Å². The van der Waals surface area contributed by atoms with E-state index in [9.17, 15) is 27.2 Å². The summed E-state index contributed by atoms with van der Waals surface area (Å²) in [5.74, 6) is -5.18. The van der Waals surface area contributed by atoms with Gasteiger partial charge in [-0.05, 0) is 30.0 Å². The Kier molecular flexibility index (Phi) is 5.21. The van der Waals surface area contributed by atoms with E-state index in [0.29, 0.717) is 18.4 Å². The van der Waals surface area contributed by atoms with E-state index >= 15 is 0 Å². The van der Waals surface area contributed by atoms with Gasteiger partial charge in [-0.3, -0.25) is 14.9 Å². The smallest absolute Gasteiger partial charge is 0.260 e. The Bertz CT molecular complexity index is 1070. The largest absolute Gasteiger partial charge is 0.328 e. The highest BCUT2D eigenvalue weighted by atomic mass is 19.3. The lowest BCUT2D eigenvalue weighted by Gasteiger charge is -2.34. The van der Waals surface area contributed by atoms with Crippen molar-refractivity contribution in [3.8, 4) is 0 Å². The van der Waals surface area contributed by atoms with Gasteiger partial charge in [0.1, 0.15) is 12.2 Å². The van der Waals surface area contributed by atoms with Crippen molar-refractivity contribution in [3.63, 3.8) is 0 Å². The van der Waals surface area contributed by atoms with Crippen LogP contribution in [-0.4, -0.2) is 45.7 Å². The molecule has 1 aliphatic heterocycles. The maximum Gasteiger partial charge on any atom is 0.260 e. The molecule has 1 N–H and O–H groups in total. The molecule has 1 aromatic carbocycles. The van der Waals surface area contributed by atoms with Gasteiger partial charge in [0.15, 0.2) is 5.82 Å². The molecular formula is C22H22F4N4O2. The van der Waals surface area contributed by atoms with Gasteiger partial charge in [-0.2, -0.15) is 0 Å². The van der Waals surface area contributed by atoms with Gasteiger partial charge < -0.3 is 4.90 Å². The summed E-state index contributed by atoms with van der Waals surface area (Å²) in [5.41, 5.74) is -2.61. The number of fused-ring (bicyclic) bond motifs is 2. The SMILES string of the molecule is CC.O=C(CN1CC2(CC2(F)F)c2cc(C3(F)CC3)ccc2C1=O)Nc1ncc(F)cn1. The maximum atomic E-state index is 14.5. The molecule has 1 aromatic heterocycles. The molecule has 1 unspecified atom stereocenters. The van der Waals surface area contributed by atoms with Crippen molar-refractivity contribution >= 4 is 17.8 Å². The lowest BCUT2D eigenvalue weighted by atomic mass is 9.84. The lowest BCUT2D eigenvalue weighted by Crippen LogP contribution is -2.48. The van der Waals surface area contributed by atoms with Crippen LogP contribution in [0.15, 0.2) is 30.6 Å². The summed E-state index contributed by atoms with van der Waals surface area (Å²) in [4.78, 5) is 33.4. The monoisotopic (exact) mass is 450 g/mol. The highest BCUT2D eigenvalue weighted by Gasteiger charge is 2.74. The minimum absolute atomic E-state index is 0.0530. The molecule has 5 rings (SSSR count). The Hall–Kier alpha value is -3.04. The Morgan fingerprint density at radius 2 is 1.78 bits per heavy atom. The summed E-state index contributed by atoms with van der Waals surface area (Å²) < 4.78 is 56.2. The van der Waals surface area contributed by atoms with Crippen LogP contribution in [0.4, 0.5) is 23.5 Å². The summed E-state index contributed by atoms with van der Waals surface area (Å²) in [6.07, 6.45) is 1.92. The van der Waals surface area contributed by atoms with Crippen LogP contribution in [0.25, 0.3) is 0 Å². The predicted octanol–water partition coefficient (Wildman–Crippen LogP) is 3.97. The van der Waals surface area contributed by atoms with Crippen LogP contribution >= 0.6 is 0 Å². The van der Waals surface area contributed by atoms with Crippen LogP contribution in [0.2, 0.25) is 0 Å². The molecule has 170 valence electrons. The second-order valence-corrected chi connectivity index (χ2v) is 8.12. The molecule has 2 saturated carbocycles. The predicted molar refractivity (Wildman–Crippen MR) is 108 cm³/mol. The fraction of sp³-hybridized carbons (Fsp3) is 0.455. The molecule has 32 heavy (non-hydrogen) atoms. The van der Waals surface area contributed by atoms with E-state index < -0.39 is 47.6 Å². The van der Waals surface area contributed by atoms with Crippen molar-refractivity contribution in [2.24, 2.45) is 0 Å². The number of carbonyl (C=O) groups excluding carboxylic acids is 2. The number of halogens is 4. The van der Waals surface area contributed by atoms with Gasteiger partial charge in [0.2, 0.25) is 11.9 Å². The first-order valence-electron chi connectivity index (χ1n) is 10.4. The van der Waals surface area contributed by atoms with Crippen molar-refractivity contribution in [1.29, 1.82) is 0 Å². The minimum Gasteiger partial charge on any atom is -0.328 e. The fourth-order valence-electron chi connectivity index (χ4n) is 4.10. The molecule has 10 heteroatoms. The standard InChI is InChI=1S/C20H16F4N4O2.C2H6/c21-12-6-25-17(26-7-12)27-15(29)8-28-10-18(9-20(18,23)24)14-5-11(19(22)3-4-19)1-2-13(14)16(28)30;1-2/h1-2,5-7H,3-4,8-10H2,(H,25,26,27,29);1-2H3. The Balaban J connectivity index is 0.00000119. The maximum absolute atomic E-state index is 14.5. The van der Waals surface area contributed by atoms with E-state index in [2.05, 4.69) is 15.3 Å². The summed E-state index contributed by atoms with van der Waals surface area (Å²) >= 11 is 0. The van der Waals surface area contributed by atoms with Gasteiger partial charge in [-0.1, -0.05) is 26.0 Å². The van der Waals surface area contributed by atoms with Gasteiger partial charge in [-0.25, -0.2) is 27.5 Å². The number of amides is 2. The first kappa shape index (κ1) is 22.2. The quantitative estimate of drug-likeness (QED) is 0.716. The van der Waals surface area contributed by atoms with Gasteiger partial charge in [-0.15, -0.1) is 0 Å². The van der Waals surface area contributed by atoms with E-state index in [4.69, 9.17) is 0 Å². The first-order valence-corrected chi connectivity index (χ1v) is 10.4. The highest BCUT2D eigenvalue weighted by Crippen LogP contribution is 2.64. The number of alkyl halides is 3. The molecule has 1 atom stereocenters. The third-order valence-corrected chi connectivity index (χ3v) is 6.02. The van der Waals surface area contributed by atoms with E-state index in [1.807, 2.05) is 13.8 Å². The van der Waals surface area contributed by atoms with Crippen LogP contribution in [0.1, 0.15) is 54.6 Å². The molecule has 6 nitrogen and oxygen atoms in total. The third-order valence-electron chi connectivity index (χ3n) is 6.02. The van der Waals surface area contributed by atoms with Crippen LogP contribution in [0, 0.1) is 5.82 Å². The van der Waals surface area contributed by atoms with E-state index in [1.54, 1.807) is 0 Å². The third kappa shape index (κ3) is 3.61.